The van der Waals surface area contributed by atoms with Crippen molar-refractivity contribution in [1.82, 2.24) is 0 Å². The van der Waals surface area contributed by atoms with Crippen LogP contribution >= 0.6 is 0 Å². The Morgan fingerprint density at radius 3 is 2.42 bits per heavy atom. The van der Waals surface area contributed by atoms with Crippen molar-refractivity contribution in [2.75, 3.05) is 31.0 Å². The van der Waals surface area contributed by atoms with Gasteiger partial charge in [0.1, 0.15) is 0 Å². The van der Waals surface area contributed by atoms with E-state index in [2.05, 4.69) is 4.74 Å². The second-order valence-corrected chi connectivity index (χ2v) is 3.51. The molecule has 2 N–H and O–H groups in total. The highest BCUT2D eigenvalue weighted by molar-refractivity contribution is 6.59. The summed E-state index contributed by atoms with van der Waals surface area (Å²) in [6, 6.07) is 1.43. The third kappa shape index (κ3) is 3.20. The number of nitrogens with zero attached hydrogens (tertiary/aromatic N) is 1. The fourth-order valence-corrected chi connectivity index (χ4v) is 1.47. The molecule has 1 aliphatic heterocycles. The van der Waals surface area contributed by atoms with Crippen molar-refractivity contribution in [3.05, 3.63) is 23.8 Å². The Balaban J connectivity index is 2.77. The van der Waals surface area contributed by atoms with Crippen molar-refractivity contribution in [2.45, 2.75) is 6.18 Å². The molecule has 0 saturated carbocycles. The van der Waals surface area contributed by atoms with Gasteiger partial charge in [-0.25, -0.2) is 0 Å². The molecule has 1 saturated heterocycles. The zero-order chi connectivity index (χ0) is 21.2. The molecule has 1 aliphatic rings. The number of rotatable bonds is 2. The van der Waals surface area contributed by atoms with E-state index in [1.54, 1.807) is 0 Å². The van der Waals surface area contributed by atoms with Gasteiger partial charge in [-0.3, -0.25) is 0 Å². The van der Waals surface area contributed by atoms with Gasteiger partial charge >= 0.3 is 13.3 Å². The lowest BCUT2D eigenvalue weighted by Crippen LogP contribution is -2.39. The smallest absolute Gasteiger partial charge is 0.423 e. The molecule has 1 heterocycles. The van der Waals surface area contributed by atoms with Crippen LogP contribution in [-0.4, -0.2) is 43.3 Å². The van der Waals surface area contributed by atoms with Crippen LogP contribution < -0.4 is 10.4 Å². The molecule has 19 heavy (non-hydrogen) atoms. The third-order valence-corrected chi connectivity index (χ3v) is 2.30. The van der Waals surface area contributed by atoms with Crippen molar-refractivity contribution in [2.24, 2.45) is 0 Å². The van der Waals surface area contributed by atoms with E-state index in [1.807, 2.05) is 0 Å². The lowest BCUT2D eigenvalue weighted by Gasteiger charge is -2.29. The van der Waals surface area contributed by atoms with Crippen molar-refractivity contribution in [1.29, 1.82) is 0 Å². The second kappa shape index (κ2) is 5.40. The van der Waals surface area contributed by atoms with Crippen LogP contribution in [0.1, 0.15) is 16.5 Å². The standard InChI is InChI=1S/C11H13BF3NO3/c13-11(14,15)9-7-8(1-2-10(9)12(17)18)16-3-5-19-6-4-16/h1-2,7,17-18H,3-6H2/i3D2,4D2,5D2,6D2. The zero-order valence-electron chi connectivity index (χ0n) is 17.2. The van der Waals surface area contributed by atoms with Crippen LogP contribution in [0.4, 0.5) is 18.9 Å². The van der Waals surface area contributed by atoms with E-state index in [0.717, 1.165) is 0 Å². The number of hydrogen-bond acceptors (Lipinski definition) is 4. The monoisotopic (exact) mass is 283 g/mol. The van der Waals surface area contributed by atoms with E-state index in [1.165, 1.54) is 0 Å². The van der Waals surface area contributed by atoms with Crippen LogP contribution in [-0.2, 0) is 10.9 Å². The summed E-state index contributed by atoms with van der Waals surface area (Å²) in [6.07, 6.45) is -5.14. The van der Waals surface area contributed by atoms with Crippen molar-refractivity contribution < 1.29 is 38.9 Å². The summed E-state index contributed by atoms with van der Waals surface area (Å²) in [4.78, 5) is -0.133. The maximum atomic E-state index is 13.2. The van der Waals surface area contributed by atoms with Gasteiger partial charge in [0.05, 0.1) is 29.6 Å². The molecule has 1 fully saturated rings. The molecule has 2 rings (SSSR count). The summed E-state index contributed by atoms with van der Waals surface area (Å²) < 4.78 is 106. The summed E-state index contributed by atoms with van der Waals surface area (Å²) in [7, 11) is -2.54. The molecule has 4 nitrogen and oxygen atoms in total. The van der Waals surface area contributed by atoms with Gasteiger partial charge < -0.3 is 19.7 Å². The first-order valence-electron chi connectivity index (χ1n) is 8.94. The molecule has 0 atom stereocenters. The molecule has 0 bridgehead atoms. The molecule has 1 aromatic rings. The van der Waals surface area contributed by atoms with Crippen LogP contribution in [0.5, 0.6) is 0 Å². The Labute approximate surface area is 119 Å². The van der Waals surface area contributed by atoms with E-state index in [0.29, 0.717) is 12.1 Å². The highest BCUT2D eigenvalue weighted by atomic mass is 19.4. The first kappa shape index (κ1) is 6.96. The topological polar surface area (TPSA) is 52.9 Å². The van der Waals surface area contributed by atoms with Gasteiger partial charge in [0.2, 0.25) is 0 Å². The number of anilines is 1. The number of hydrogen-bond donors (Lipinski definition) is 2. The molecule has 0 unspecified atom stereocenters. The fourth-order valence-electron chi connectivity index (χ4n) is 1.47. The van der Waals surface area contributed by atoms with Gasteiger partial charge in [-0.15, -0.1) is 0 Å². The maximum absolute atomic E-state index is 13.2. The van der Waals surface area contributed by atoms with E-state index in [4.69, 9.17) is 21.0 Å². The first-order chi connectivity index (χ1) is 11.9. The zero-order valence-corrected chi connectivity index (χ0v) is 9.19. The number of morpholine rings is 1. The predicted octanol–water partition coefficient (Wildman–Crippen LogP) is 0.222. The van der Waals surface area contributed by atoms with Gasteiger partial charge in [0.25, 0.3) is 0 Å². The van der Waals surface area contributed by atoms with Gasteiger partial charge in [0.15, 0.2) is 0 Å². The average Bonchev–Trinajstić information content (AvgIpc) is 2.43. The summed E-state index contributed by atoms with van der Waals surface area (Å²) >= 11 is 0. The van der Waals surface area contributed by atoms with E-state index >= 15 is 0 Å². The highest BCUT2D eigenvalue weighted by Gasteiger charge is 2.36. The Morgan fingerprint density at radius 1 is 1.26 bits per heavy atom. The predicted molar refractivity (Wildman–Crippen MR) is 64.3 cm³/mol. The minimum Gasteiger partial charge on any atom is -0.423 e. The average molecular weight is 283 g/mol. The summed E-state index contributed by atoms with van der Waals surface area (Å²) in [5.41, 5.74) is -3.50. The van der Waals surface area contributed by atoms with Crippen LogP contribution in [0.3, 0.4) is 0 Å². The highest BCUT2D eigenvalue weighted by Crippen LogP contribution is 2.31. The summed E-state index contributed by atoms with van der Waals surface area (Å²) in [6.45, 7) is -13.7. The molecule has 1 aromatic carbocycles. The van der Waals surface area contributed by atoms with Crippen LogP contribution in [0.2, 0.25) is 0 Å². The number of halogens is 3. The molecule has 0 radical (unpaired) electrons. The van der Waals surface area contributed by atoms with Gasteiger partial charge in [-0.2, -0.15) is 13.2 Å². The van der Waals surface area contributed by atoms with Crippen molar-refractivity contribution >= 4 is 18.3 Å². The molecular weight excluding hydrogens is 262 g/mol. The third-order valence-electron chi connectivity index (χ3n) is 2.30. The Kier molecular flexibility index (Phi) is 1.98. The van der Waals surface area contributed by atoms with Gasteiger partial charge in [0, 0.05) is 18.7 Å². The molecule has 0 aromatic heterocycles. The molecule has 104 valence electrons. The molecule has 0 spiro atoms. The lowest BCUT2D eigenvalue weighted by atomic mass is 9.76. The van der Waals surface area contributed by atoms with Gasteiger partial charge in [-0.05, 0) is 17.6 Å². The minimum atomic E-state index is -5.14. The van der Waals surface area contributed by atoms with Crippen LogP contribution in [0.15, 0.2) is 18.2 Å². The van der Waals surface area contributed by atoms with E-state index < -0.39 is 56.1 Å². The number of ether oxygens (including phenoxy) is 1. The van der Waals surface area contributed by atoms with Crippen LogP contribution in [0.25, 0.3) is 0 Å². The Morgan fingerprint density at radius 2 is 1.89 bits per heavy atom. The maximum Gasteiger partial charge on any atom is 0.489 e. The van der Waals surface area contributed by atoms with E-state index in [-0.39, 0.29) is 11.0 Å². The minimum absolute atomic E-state index is 0.133. The van der Waals surface area contributed by atoms with E-state index in [9.17, 15) is 13.2 Å². The fraction of sp³-hybridized carbons (Fsp3) is 0.455. The molecule has 0 amide bonds. The van der Waals surface area contributed by atoms with Crippen molar-refractivity contribution in [3.8, 4) is 0 Å². The molecule has 0 aliphatic carbocycles. The lowest BCUT2D eigenvalue weighted by molar-refractivity contribution is -0.136. The van der Waals surface area contributed by atoms with Crippen LogP contribution in [0, 0.1) is 0 Å². The SMILES string of the molecule is [2H]C1([2H])OC([2H])([2H])C([2H])([2H])N(c2ccc(B(O)O)c(C(F)(F)F)c2)C1([2H])[2H]. The summed E-state index contributed by atoms with van der Waals surface area (Å²) in [5, 5.41) is 18.2. The molecular formula is C11H13BF3NO3. The Hall–Kier alpha value is -1.25. The summed E-state index contributed by atoms with van der Waals surface area (Å²) in [5.74, 6) is 0. The quantitative estimate of drug-likeness (QED) is 0.763. The molecule has 8 heteroatoms. The Bertz CT molecular complexity index is 720. The number of alkyl halides is 3. The normalized spacial score (nSPS) is 33.4. The second-order valence-electron chi connectivity index (χ2n) is 3.51. The number of benzene rings is 1. The van der Waals surface area contributed by atoms with Crippen molar-refractivity contribution in [3.63, 3.8) is 0 Å². The first-order valence-corrected chi connectivity index (χ1v) is 4.94. The largest absolute Gasteiger partial charge is 0.489 e. The van der Waals surface area contributed by atoms with Gasteiger partial charge in [-0.1, -0.05) is 6.07 Å².